The molecular weight excluding hydrogens is 166 g/mol. The van der Waals surface area contributed by atoms with Gasteiger partial charge in [0.05, 0.1) is 26.8 Å². The van der Waals surface area contributed by atoms with Gasteiger partial charge in [-0.2, -0.15) is 0 Å². The first-order chi connectivity index (χ1) is 6.08. The van der Waals surface area contributed by atoms with Gasteiger partial charge >= 0.3 is 0 Å². The van der Waals surface area contributed by atoms with Crippen LogP contribution in [0.25, 0.3) is 0 Å². The monoisotopic (exact) mass is 190 g/mol. The third kappa shape index (κ3) is 5.24. The van der Waals surface area contributed by atoms with E-state index in [2.05, 4.69) is 20.9 Å². The summed E-state index contributed by atoms with van der Waals surface area (Å²) in [7, 11) is 2.10. The van der Waals surface area contributed by atoms with Gasteiger partial charge in [-0.15, -0.1) is 0 Å². The van der Waals surface area contributed by atoms with E-state index in [1.54, 1.807) is 0 Å². The molecule has 1 atom stereocenters. The highest BCUT2D eigenvalue weighted by atomic mass is 16.3. The van der Waals surface area contributed by atoms with Gasteiger partial charge in [0.15, 0.2) is 0 Å². The molecule has 3 heteroatoms. The lowest BCUT2D eigenvalue weighted by Crippen LogP contribution is -2.50. The molecule has 0 bridgehead atoms. The van der Waals surface area contributed by atoms with Crippen LogP contribution in [0, 0.1) is 5.92 Å². The number of rotatable bonds is 7. The SMILES string of the molecule is CCC(C)C[N+](C)(CCO)CCO. The molecule has 0 heterocycles. The topological polar surface area (TPSA) is 40.5 Å². The summed E-state index contributed by atoms with van der Waals surface area (Å²) in [6.45, 7) is 7.31. The summed E-state index contributed by atoms with van der Waals surface area (Å²) in [4.78, 5) is 0. The van der Waals surface area contributed by atoms with Crippen molar-refractivity contribution in [2.75, 3.05) is 39.9 Å². The summed E-state index contributed by atoms with van der Waals surface area (Å²) >= 11 is 0. The van der Waals surface area contributed by atoms with Crippen LogP contribution in [0.1, 0.15) is 20.3 Å². The maximum absolute atomic E-state index is 8.92. The third-order valence-electron chi connectivity index (χ3n) is 2.73. The maximum atomic E-state index is 8.92. The van der Waals surface area contributed by atoms with Crippen molar-refractivity contribution in [1.29, 1.82) is 0 Å². The largest absolute Gasteiger partial charge is 0.391 e. The molecule has 0 aliphatic rings. The minimum Gasteiger partial charge on any atom is -0.391 e. The second kappa shape index (κ2) is 6.35. The van der Waals surface area contributed by atoms with Crippen LogP contribution in [0.15, 0.2) is 0 Å². The quantitative estimate of drug-likeness (QED) is 0.573. The zero-order valence-corrected chi connectivity index (χ0v) is 9.16. The van der Waals surface area contributed by atoms with E-state index in [-0.39, 0.29) is 13.2 Å². The van der Waals surface area contributed by atoms with Gasteiger partial charge in [-0.05, 0) is 6.42 Å². The summed E-state index contributed by atoms with van der Waals surface area (Å²) in [5, 5.41) is 17.8. The molecule has 80 valence electrons. The molecule has 0 saturated heterocycles. The Morgan fingerprint density at radius 2 is 1.62 bits per heavy atom. The van der Waals surface area contributed by atoms with E-state index in [1.165, 1.54) is 0 Å². The Labute approximate surface area is 81.6 Å². The van der Waals surface area contributed by atoms with Crippen molar-refractivity contribution >= 4 is 0 Å². The van der Waals surface area contributed by atoms with Crippen LogP contribution >= 0.6 is 0 Å². The predicted octanol–water partition coefficient (Wildman–Crippen LogP) is 0.464. The van der Waals surface area contributed by atoms with Crippen molar-refractivity contribution < 1.29 is 14.7 Å². The van der Waals surface area contributed by atoms with Gasteiger partial charge in [0.1, 0.15) is 13.1 Å². The van der Waals surface area contributed by atoms with E-state index in [9.17, 15) is 0 Å². The number of quaternary nitrogens is 1. The zero-order chi connectivity index (χ0) is 10.3. The first kappa shape index (κ1) is 12.9. The van der Waals surface area contributed by atoms with Gasteiger partial charge in [0.25, 0.3) is 0 Å². The minimum atomic E-state index is 0.201. The molecule has 0 aliphatic heterocycles. The summed E-state index contributed by atoms with van der Waals surface area (Å²) < 4.78 is 0.780. The third-order valence-corrected chi connectivity index (χ3v) is 2.73. The van der Waals surface area contributed by atoms with Crippen molar-refractivity contribution in [3.63, 3.8) is 0 Å². The first-order valence-electron chi connectivity index (χ1n) is 5.13. The highest BCUT2D eigenvalue weighted by Crippen LogP contribution is 2.10. The average Bonchev–Trinajstić information content (AvgIpc) is 2.04. The van der Waals surface area contributed by atoms with Gasteiger partial charge in [-0.3, -0.25) is 0 Å². The van der Waals surface area contributed by atoms with Crippen LogP contribution in [0.2, 0.25) is 0 Å². The molecule has 0 amide bonds. The Kier molecular flexibility index (Phi) is 6.29. The van der Waals surface area contributed by atoms with Crippen LogP contribution in [0.5, 0.6) is 0 Å². The van der Waals surface area contributed by atoms with Crippen molar-refractivity contribution in [2.24, 2.45) is 5.92 Å². The zero-order valence-electron chi connectivity index (χ0n) is 9.16. The van der Waals surface area contributed by atoms with E-state index in [0.29, 0.717) is 5.92 Å². The van der Waals surface area contributed by atoms with Gasteiger partial charge in [0.2, 0.25) is 0 Å². The summed E-state index contributed by atoms with van der Waals surface area (Å²) in [6, 6.07) is 0. The lowest BCUT2D eigenvalue weighted by Gasteiger charge is -2.35. The van der Waals surface area contributed by atoms with Crippen LogP contribution < -0.4 is 0 Å². The fraction of sp³-hybridized carbons (Fsp3) is 1.00. The molecule has 0 rings (SSSR count). The molecule has 0 radical (unpaired) electrons. The number of hydrogen-bond acceptors (Lipinski definition) is 2. The number of likely N-dealkylation sites (N-methyl/N-ethyl adjacent to an activating group) is 1. The Morgan fingerprint density at radius 1 is 1.15 bits per heavy atom. The lowest BCUT2D eigenvalue weighted by molar-refractivity contribution is -0.913. The minimum absolute atomic E-state index is 0.201. The first-order valence-corrected chi connectivity index (χ1v) is 5.13. The number of aliphatic hydroxyl groups is 2. The Hall–Kier alpha value is -0.120. The van der Waals surface area contributed by atoms with Gasteiger partial charge in [-0.1, -0.05) is 13.8 Å². The van der Waals surface area contributed by atoms with Crippen molar-refractivity contribution in [3.8, 4) is 0 Å². The highest BCUT2D eigenvalue weighted by Gasteiger charge is 2.22. The van der Waals surface area contributed by atoms with Crippen molar-refractivity contribution in [2.45, 2.75) is 20.3 Å². The van der Waals surface area contributed by atoms with Crippen LogP contribution in [-0.2, 0) is 0 Å². The normalized spacial score (nSPS) is 14.5. The lowest BCUT2D eigenvalue weighted by atomic mass is 10.1. The molecule has 0 aromatic heterocycles. The summed E-state index contributed by atoms with van der Waals surface area (Å²) in [5.74, 6) is 0.656. The fourth-order valence-corrected chi connectivity index (χ4v) is 1.66. The molecule has 2 N–H and O–H groups in total. The average molecular weight is 190 g/mol. The summed E-state index contributed by atoms with van der Waals surface area (Å²) in [5.41, 5.74) is 0. The Balaban J connectivity index is 4.05. The smallest absolute Gasteiger partial charge is 0.102 e. The molecule has 0 aliphatic carbocycles. The molecule has 0 fully saturated rings. The van der Waals surface area contributed by atoms with Crippen LogP contribution in [0.3, 0.4) is 0 Å². The van der Waals surface area contributed by atoms with Gasteiger partial charge < -0.3 is 14.7 Å². The van der Waals surface area contributed by atoms with E-state index >= 15 is 0 Å². The molecule has 0 spiro atoms. The molecule has 3 nitrogen and oxygen atoms in total. The van der Waals surface area contributed by atoms with E-state index in [0.717, 1.165) is 30.5 Å². The van der Waals surface area contributed by atoms with Gasteiger partial charge in [-0.25, -0.2) is 0 Å². The van der Waals surface area contributed by atoms with E-state index < -0.39 is 0 Å². The van der Waals surface area contributed by atoms with Crippen molar-refractivity contribution in [3.05, 3.63) is 0 Å². The molecular formula is C10H24NO2+. The molecule has 13 heavy (non-hydrogen) atoms. The fourth-order valence-electron chi connectivity index (χ4n) is 1.66. The Bertz CT molecular complexity index is 122. The highest BCUT2D eigenvalue weighted by molar-refractivity contribution is 4.49. The summed E-state index contributed by atoms with van der Waals surface area (Å²) in [6.07, 6.45) is 1.16. The second-order valence-corrected chi connectivity index (χ2v) is 4.21. The maximum Gasteiger partial charge on any atom is 0.102 e. The second-order valence-electron chi connectivity index (χ2n) is 4.21. The number of nitrogens with zero attached hydrogens (tertiary/aromatic N) is 1. The standard InChI is InChI=1S/C10H24NO2/c1-4-10(2)9-11(3,5-7-12)6-8-13/h10,12-13H,4-9H2,1-3H3/q+1. The Morgan fingerprint density at radius 3 is 1.92 bits per heavy atom. The molecule has 0 aromatic carbocycles. The predicted molar refractivity (Wildman–Crippen MR) is 54.4 cm³/mol. The van der Waals surface area contributed by atoms with Crippen LogP contribution in [-0.4, -0.2) is 54.6 Å². The number of hydrogen-bond donors (Lipinski definition) is 2. The van der Waals surface area contributed by atoms with Crippen molar-refractivity contribution in [1.82, 2.24) is 0 Å². The van der Waals surface area contributed by atoms with E-state index in [1.807, 2.05) is 0 Å². The molecule has 0 aromatic rings. The molecule has 1 unspecified atom stereocenters. The number of aliphatic hydroxyl groups excluding tert-OH is 2. The van der Waals surface area contributed by atoms with E-state index in [4.69, 9.17) is 10.2 Å². The van der Waals surface area contributed by atoms with Gasteiger partial charge in [0, 0.05) is 5.92 Å². The van der Waals surface area contributed by atoms with Crippen LogP contribution in [0.4, 0.5) is 0 Å². The molecule has 0 saturated carbocycles.